The topological polar surface area (TPSA) is 40.6 Å². The van der Waals surface area contributed by atoms with Crippen molar-refractivity contribution in [3.8, 4) is 0 Å². The van der Waals surface area contributed by atoms with Crippen LogP contribution in [0, 0.1) is 5.82 Å². The van der Waals surface area contributed by atoms with E-state index in [4.69, 9.17) is 0 Å². The summed E-state index contributed by atoms with van der Waals surface area (Å²) >= 11 is 1.20. The second kappa shape index (κ2) is 7.19. The monoisotopic (exact) mass is 374 g/mol. The van der Waals surface area contributed by atoms with Crippen molar-refractivity contribution in [1.29, 1.82) is 0 Å². The van der Waals surface area contributed by atoms with Crippen LogP contribution in [-0.4, -0.2) is 48.8 Å². The summed E-state index contributed by atoms with van der Waals surface area (Å²) in [6.07, 6.45) is 3.49. The molecule has 4 nitrogen and oxygen atoms in total. The fourth-order valence-corrected chi connectivity index (χ4v) is 4.46. The highest BCUT2D eigenvalue weighted by atomic mass is 32.1. The Bertz CT molecular complexity index is 914. The summed E-state index contributed by atoms with van der Waals surface area (Å²) in [7, 11) is 3.39. The van der Waals surface area contributed by atoms with E-state index in [0.29, 0.717) is 28.2 Å². The van der Waals surface area contributed by atoms with Crippen molar-refractivity contribution in [3.05, 3.63) is 40.0 Å². The van der Waals surface area contributed by atoms with Gasteiger partial charge in [-0.3, -0.25) is 9.59 Å². The molecule has 2 aromatic rings. The average Bonchev–Trinajstić information content (AvgIpc) is 3.07. The molecule has 1 aromatic carbocycles. The van der Waals surface area contributed by atoms with E-state index < -0.39 is 0 Å². The Morgan fingerprint density at radius 1 is 1.31 bits per heavy atom. The average molecular weight is 374 g/mol. The molecule has 1 aliphatic heterocycles. The number of rotatable bonds is 3. The molecule has 3 rings (SSSR count). The first kappa shape index (κ1) is 18.6. The third-order valence-electron chi connectivity index (χ3n) is 4.77. The van der Waals surface area contributed by atoms with Gasteiger partial charge < -0.3 is 9.80 Å². The summed E-state index contributed by atoms with van der Waals surface area (Å²) < 4.78 is 15.8. The summed E-state index contributed by atoms with van der Waals surface area (Å²) in [5.74, 6) is -0.409. The number of halogens is 1. The van der Waals surface area contributed by atoms with E-state index in [-0.39, 0.29) is 17.6 Å². The van der Waals surface area contributed by atoms with E-state index in [1.54, 1.807) is 32.0 Å². The zero-order valence-electron chi connectivity index (χ0n) is 15.6. The zero-order valence-corrected chi connectivity index (χ0v) is 16.4. The highest BCUT2D eigenvalue weighted by molar-refractivity contribution is 7.20. The second-order valence-corrected chi connectivity index (χ2v) is 7.81. The first-order valence-electron chi connectivity index (χ1n) is 8.75. The van der Waals surface area contributed by atoms with Gasteiger partial charge in [0, 0.05) is 39.7 Å². The fraction of sp³-hybridized carbons (Fsp3) is 0.400. The fourth-order valence-electron chi connectivity index (χ4n) is 3.29. The minimum atomic E-state index is -0.295. The first-order chi connectivity index (χ1) is 12.3. The standard InChI is InChI=1S/C20H23FN2O2S/c1-5-13-9-15(14-7-6-8-23(11-14)12(2)24)18(21)19-16(13)10-17(26-19)20(25)22(3)4/h7,9-10H,5-6,8,11H2,1-4H3. The molecule has 1 aliphatic rings. The van der Waals surface area contributed by atoms with Gasteiger partial charge in [-0.05, 0) is 41.5 Å². The molecule has 0 radical (unpaired) electrons. The van der Waals surface area contributed by atoms with Crippen LogP contribution in [0.4, 0.5) is 4.39 Å². The quantitative estimate of drug-likeness (QED) is 0.816. The number of nitrogens with zero attached hydrogens (tertiary/aromatic N) is 2. The van der Waals surface area contributed by atoms with E-state index in [2.05, 4.69) is 0 Å². The van der Waals surface area contributed by atoms with Crippen LogP contribution in [0.3, 0.4) is 0 Å². The number of hydrogen-bond donors (Lipinski definition) is 0. The Labute approximate surface area is 156 Å². The van der Waals surface area contributed by atoms with Crippen molar-refractivity contribution >= 4 is 38.8 Å². The highest BCUT2D eigenvalue weighted by Gasteiger charge is 2.23. The molecule has 26 heavy (non-hydrogen) atoms. The van der Waals surface area contributed by atoms with E-state index >= 15 is 4.39 Å². The molecular formula is C20H23FN2O2S. The third-order valence-corrected chi connectivity index (χ3v) is 5.89. The second-order valence-electron chi connectivity index (χ2n) is 6.76. The predicted octanol–water partition coefficient (Wildman–Crippen LogP) is 3.94. The van der Waals surface area contributed by atoms with Crippen molar-refractivity contribution in [1.82, 2.24) is 9.80 Å². The van der Waals surface area contributed by atoms with Gasteiger partial charge in [-0.25, -0.2) is 4.39 Å². The molecule has 0 saturated carbocycles. The molecule has 1 aromatic heterocycles. The largest absolute Gasteiger partial charge is 0.344 e. The lowest BCUT2D eigenvalue weighted by molar-refractivity contribution is -0.128. The number of carbonyl (C=O) groups excluding carboxylic acids is 2. The van der Waals surface area contributed by atoms with Gasteiger partial charge in [0.2, 0.25) is 5.91 Å². The Kier molecular flexibility index (Phi) is 5.14. The number of thiophene rings is 1. The molecule has 6 heteroatoms. The molecule has 138 valence electrons. The third kappa shape index (κ3) is 3.26. The lowest BCUT2D eigenvalue weighted by Crippen LogP contribution is -2.33. The van der Waals surface area contributed by atoms with E-state index in [0.717, 1.165) is 29.4 Å². The Morgan fingerprint density at radius 2 is 2.04 bits per heavy atom. The molecular weight excluding hydrogens is 351 g/mol. The van der Waals surface area contributed by atoms with Gasteiger partial charge in [-0.1, -0.05) is 13.0 Å². The smallest absolute Gasteiger partial charge is 0.263 e. The van der Waals surface area contributed by atoms with E-state index in [1.165, 1.54) is 16.2 Å². The predicted molar refractivity (Wildman–Crippen MR) is 104 cm³/mol. The van der Waals surface area contributed by atoms with Crippen LogP contribution in [0.2, 0.25) is 0 Å². The number of benzene rings is 1. The van der Waals surface area contributed by atoms with Crippen LogP contribution < -0.4 is 0 Å². The molecule has 0 saturated heterocycles. The summed E-state index contributed by atoms with van der Waals surface area (Å²) in [5.41, 5.74) is 2.41. The molecule has 0 spiro atoms. The van der Waals surface area contributed by atoms with Gasteiger partial charge in [-0.15, -0.1) is 11.3 Å². The maximum Gasteiger partial charge on any atom is 0.263 e. The number of fused-ring (bicyclic) bond motifs is 1. The molecule has 2 amide bonds. The summed E-state index contributed by atoms with van der Waals surface area (Å²) in [6.45, 7) is 4.66. The maximum atomic E-state index is 15.3. The molecule has 2 heterocycles. The highest BCUT2D eigenvalue weighted by Crippen LogP contribution is 2.36. The van der Waals surface area contributed by atoms with Gasteiger partial charge in [0.1, 0.15) is 5.82 Å². The summed E-state index contributed by atoms with van der Waals surface area (Å²) in [4.78, 5) is 27.8. The Balaban J connectivity index is 2.13. The zero-order chi connectivity index (χ0) is 19.0. The van der Waals surface area contributed by atoms with E-state index in [9.17, 15) is 9.59 Å². The van der Waals surface area contributed by atoms with Crippen molar-refractivity contribution in [2.24, 2.45) is 0 Å². The van der Waals surface area contributed by atoms with E-state index in [1.807, 2.05) is 19.1 Å². The van der Waals surface area contributed by atoms with Gasteiger partial charge in [0.25, 0.3) is 5.91 Å². The molecule has 0 fully saturated rings. The van der Waals surface area contributed by atoms with Gasteiger partial charge in [0.05, 0.1) is 9.58 Å². The summed E-state index contributed by atoms with van der Waals surface area (Å²) in [5, 5.41) is 0.809. The minimum absolute atomic E-state index is 0.00258. The van der Waals surface area contributed by atoms with Crippen molar-refractivity contribution in [2.45, 2.75) is 26.7 Å². The van der Waals surface area contributed by atoms with Crippen LogP contribution >= 0.6 is 11.3 Å². The van der Waals surface area contributed by atoms with Gasteiger partial charge in [-0.2, -0.15) is 0 Å². The first-order valence-corrected chi connectivity index (χ1v) is 9.56. The maximum absolute atomic E-state index is 15.3. The lowest BCUT2D eigenvalue weighted by atomic mass is 9.96. The van der Waals surface area contributed by atoms with Crippen LogP contribution in [0.1, 0.15) is 41.1 Å². The normalized spacial score (nSPS) is 14.5. The van der Waals surface area contributed by atoms with Crippen LogP contribution in [0.25, 0.3) is 15.7 Å². The number of hydrogen-bond acceptors (Lipinski definition) is 3. The number of aryl methyl sites for hydroxylation is 1. The van der Waals surface area contributed by atoms with Gasteiger partial charge in [0.15, 0.2) is 0 Å². The molecule has 0 atom stereocenters. The summed E-state index contributed by atoms with van der Waals surface area (Å²) in [6, 6.07) is 3.68. The number of amides is 2. The molecule has 0 bridgehead atoms. The Hall–Kier alpha value is -2.21. The van der Waals surface area contributed by atoms with Crippen LogP contribution in [-0.2, 0) is 11.2 Å². The van der Waals surface area contributed by atoms with Crippen molar-refractivity contribution in [2.75, 3.05) is 27.2 Å². The van der Waals surface area contributed by atoms with Crippen molar-refractivity contribution < 1.29 is 14.0 Å². The SMILES string of the molecule is CCc1cc(C2=CCCN(C(C)=O)C2)c(F)c2sc(C(=O)N(C)C)cc12. The van der Waals surface area contributed by atoms with Crippen LogP contribution in [0.5, 0.6) is 0 Å². The number of carbonyl (C=O) groups is 2. The molecule has 0 aliphatic carbocycles. The lowest BCUT2D eigenvalue weighted by Gasteiger charge is -2.27. The molecule has 0 N–H and O–H groups in total. The Morgan fingerprint density at radius 3 is 2.65 bits per heavy atom. The minimum Gasteiger partial charge on any atom is -0.344 e. The molecule has 0 unspecified atom stereocenters. The van der Waals surface area contributed by atoms with Crippen molar-refractivity contribution in [3.63, 3.8) is 0 Å². The van der Waals surface area contributed by atoms with Crippen LogP contribution in [0.15, 0.2) is 18.2 Å². The van der Waals surface area contributed by atoms with Gasteiger partial charge >= 0.3 is 0 Å².